The van der Waals surface area contributed by atoms with Crippen molar-refractivity contribution in [2.24, 2.45) is 0 Å². The molecule has 8 heteroatoms. The topological polar surface area (TPSA) is 77.8 Å². The van der Waals surface area contributed by atoms with Crippen LogP contribution in [-0.4, -0.2) is 27.4 Å². The van der Waals surface area contributed by atoms with E-state index in [1.165, 1.54) is 0 Å². The van der Waals surface area contributed by atoms with Gasteiger partial charge in [-0.25, -0.2) is 9.18 Å². The van der Waals surface area contributed by atoms with Gasteiger partial charge in [0.1, 0.15) is 11.9 Å². The van der Waals surface area contributed by atoms with Gasteiger partial charge < -0.3 is 15.3 Å². The van der Waals surface area contributed by atoms with Crippen molar-refractivity contribution in [3.05, 3.63) is 35.1 Å². The number of aliphatic carboxylic acids is 1. The highest BCUT2D eigenvalue weighted by atomic mass is 19.4. The first-order valence-electron chi connectivity index (χ1n) is 4.60. The summed E-state index contributed by atoms with van der Waals surface area (Å²) in [6.45, 7) is 0. The van der Waals surface area contributed by atoms with Crippen LogP contribution in [-0.2, 0) is 11.0 Å². The summed E-state index contributed by atoms with van der Waals surface area (Å²) >= 11 is 0. The fourth-order valence-corrected chi connectivity index (χ4v) is 1.25. The van der Waals surface area contributed by atoms with Crippen LogP contribution in [0.2, 0.25) is 0 Å². The molecule has 1 rings (SSSR count). The lowest BCUT2D eigenvalue weighted by molar-refractivity contribution is -0.153. The highest BCUT2D eigenvalue weighted by molar-refractivity contribution is 5.73. The normalized spacial score (nSPS) is 15.2. The Bertz CT molecular complexity index is 458. The molecule has 3 N–H and O–H groups in total. The minimum atomic E-state index is -4.75. The van der Waals surface area contributed by atoms with Gasteiger partial charge >= 0.3 is 12.1 Å². The summed E-state index contributed by atoms with van der Waals surface area (Å²) in [4.78, 5) is 10.3. The van der Waals surface area contributed by atoms with E-state index in [4.69, 9.17) is 10.2 Å². The van der Waals surface area contributed by atoms with Crippen LogP contribution in [0.1, 0.15) is 17.2 Å². The van der Waals surface area contributed by atoms with Crippen molar-refractivity contribution < 1.29 is 37.7 Å². The third kappa shape index (κ3) is 2.96. The van der Waals surface area contributed by atoms with Crippen LogP contribution in [0.15, 0.2) is 18.2 Å². The number of halogens is 4. The third-order valence-electron chi connectivity index (χ3n) is 2.20. The molecule has 1 aromatic carbocycles. The molecule has 0 aliphatic rings. The zero-order valence-electron chi connectivity index (χ0n) is 8.65. The number of alkyl halides is 3. The van der Waals surface area contributed by atoms with Crippen LogP contribution in [0.25, 0.3) is 0 Å². The minimum absolute atomic E-state index is 0.118. The Balaban J connectivity index is 3.10. The summed E-state index contributed by atoms with van der Waals surface area (Å²) in [5, 5.41) is 26.6. The molecule has 0 saturated carbocycles. The first kappa shape index (κ1) is 14.4. The quantitative estimate of drug-likeness (QED) is 0.722. The minimum Gasteiger partial charge on any atom is -0.479 e. The number of hydrogen-bond donors (Lipinski definition) is 3. The third-order valence-corrected chi connectivity index (χ3v) is 2.20. The van der Waals surface area contributed by atoms with Crippen LogP contribution >= 0.6 is 0 Å². The predicted octanol–water partition coefficient (Wildman–Crippen LogP) is 1.32. The van der Waals surface area contributed by atoms with Gasteiger partial charge in [-0.3, -0.25) is 0 Å². The van der Waals surface area contributed by atoms with Gasteiger partial charge in [0.25, 0.3) is 0 Å². The smallest absolute Gasteiger partial charge is 0.416 e. The van der Waals surface area contributed by atoms with Crippen molar-refractivity contribution in [1.82, 2.24) is 0 Å². The van der Waals surface area contributed by atoms with E-state index >= 15 is 0 Å². The maximum atomic E-state index is 13.3. The second-order valence-corrected chi connectivity index (χ2v) is 3.46. The molecule has 0 aromatic heterocycles. The van der Waals surface area contributed by atoms with E-state index in [0.29, 0.717) is 12.1 Å². The molecule has 18 heavy (non-hydrogen) atoms. The molecule has 0 bridgehead atoms. The summed E-state index contributed by atoms with van der Waals surface area (Å²) in [7, 11) is 0. The molecule has 4 nitrogen and oxygen atoms in total. The van der Waals surface area contributed by atoms with E-state index < -0.39 is 41.3 Å². The van der Waals surface area contributed by atoms with Gasteiger partial charge in [-0.05, 0) is 12.1 Å². The van der Waals surface area contributed by atoms with E-state index in [1.807, 2.05) is 0 Å². The molecular weight excluding hydrogens is 260 g/mol. The lowest BCUT2D eigenvalue weighted by Crippen LogP contribution is -2.28. The van der Waals surface area contributed by atoms with Crippen molar-refractivity contribution in [2.75, 3.05) is 0 Å². The SMILES string of the molecule is O=C(O)C(O)C(O)c1ccc(C(F)(F)F)cc1F. The monoisotopic (exact) mass is 268 g/mol. The number of rotatable bonds is 3. The molecule has 0 aliphatic carbocycles. The standard InChI is InChI=1S/C10H8F4O4/c11-6-3-4(10(12,13)14)1-2-5(6)7(15)8(16)9(17)18/h1-3,7-8,15-16H,(H,17,18). The zero-order valence-corrected chi connectivity index (χ0v) is 8.65. The van der Waals surface area contributed by atoms with Gasteiger partial charge in [0, 0.05) is 5.56 Å². The summed E-state index contributed by atoms with van der Waals surface area (Å²) in [5.74, 6) is -3.26. The van der Waals surface area contributed by atoms with Gasteiger partial charge in [-0.2, -0.15) is 13.2 Å². The summed E-state index contributed by atoms with van der Waals surface area (Å²) < 4.78 is 49.9. The molecular formula is C10H8F4O4. The second kappa shape index (κ2) is 4.91. The molecule has 0 amide bonds. The molecule has 0 saturated heterocycles. The molecule has 0 spiro atoms. The number of aliphatic hydroxyl groups is 2. The fourth-order valence-electron chi connectivity index (χ4n) is 1.25. The zero-order chi connectivity index (χ0) is 14.1. The van der Waals surface area contributed by atoms with Crippen LogP contribution in [0.5, 0.6) is 0 Å². The summed E-state index contributed by atoms with van der Waals surface area (Å²) in [6.07, 6.45) is -9.23. The van der Waals surface area contributed by atoms with Crippen LogP contribution in [0.4, 0.5) is 17.6 Å². The van der Waals surface area contributed by atoms with Gasteiger partial charge in [-0.1, -0.05) is 6.07 Å². The van der Waals surface area contributed by atoms with Gasteiger partial charge in [0.2, 0.25) is 0 Å². The average molecular weight is 268 g/mol. The molecule has 100 valence electrons. The van der Waals surface area contributed by atoms with Crippen molar-refractivity contribution in [1.29, 1.82) is 0 Å². The maximum Gasteiger partial charge on any atom is 0.416 e. The molecule has 0 radical (unpaired) electrons. The number of carbonyl (C=O) groups is 1. The molecule has 0 aliphatic heterocycles. The Morgan fingerprint density at radius 2 is 1.78 bits per heavy atom. The Hall–Kier alpha value is -1.67. The number of aliphatic hydroxyl groups excluding tert-OH is 2. The average Bonchev–Trinajstić information content (AvgIpc) is 2.25. The molecule has 1 aromatic rings. The van der Waals surface area contributed by atoms with E-state index in [-0.39, 0.29) is 6.07 Å². The van der Waals surface area contributed by atoms with Crippen molar-refractivity contribution >= 4 is 5.97 Å². The first-order chi connectivity index (χ1) is 8.14. The number of benzene rings is 1. The Kier molecular flexibility index (Phi) is 3.92. The van der Waals surface area contributed by atoms with Gasteiger partial charge in [-0.15, -0.1) is 0 Å². The van der Waals surface area contributed by atoms with Crippen LogP contribution in [0, 0.1) is 5.82 Å². The van der Waals surface area contributed by atoms with Crippen LogP contribution < -0.4 is 0 Å². The van der Waals surface area contributed by atoms with Crippen molar-refractivity contribution in [2.45, 2.75) is 18.4 Å². The molecule has 2 atom stereocenters. The number of hydrogen-bond acceptors (Lipinski definition) is 3. The number of carboxylic acid groups (broad SMARTS) is 1. The Morgan fingerprint density at radius 3 is 2.17 bits per heavy atom. The lowest BCUT2D eigenvalue weighted by atomic mass is 10.0. The van der Waals surface area contributed by atoms with Gasteiger partial charge in [0.05, 0.1) is 5.56 Å². The van der Waals surface area contributed by atoms with Crippen molar-refractivity contribution in [3.8, 4) is 0 Å². The summed E-state index contributed by atoms with van der Waals surface area (Å²) in [6, 6.07) is 1.18. The fraction of sp³-hybridized carbons (Fsp3) is 0.300. The van der Waals surface area contributed by atoms with E-state index in [9.17, 15) is 27.5 Å². The highest BCUT2D eigenvalue weighted by Crippen LogP contribution is 2.31. The van der Waals surface area contributed by atoms with E-state index in [0.717, 1.165) is 0 Å². The molecule has 0 heterocycles. The van der Waals surface area contributed by atoms with Gasteiger partial charge in [0.15, 0.2) is 6.10 Å². The second-order valence-electron chi connectivity index (χ2n) is 3.46. The van der Waals surface area contributed by atoms with E-state index in [1.54, 1.807) is 0 Å². The molecule has 2 unspecified atom stereocenters. The lowest BCUT2D eigenvalue weighted by Gasteiger charge is -2.16. The maximum absolute atomic E-state index is 13.3. The predicted molar refractivity (Wildman–Crippen MR) is 50.0 cm³/mol. The van der Waals surface area contributed by atoms with Crippen LogP contribution in [0.3, 0.4) is 0 Å². The Morgan fingerprint density at radius 1 is 1.22 bits per heavy atom. The Labute approximate surface area is 98.1 Å². The van der Waals surface area contributed by atoms with E-state index in [2.05, 4.69) is 0 Å². The first-order valence-corrected chi connectivity index (χ1v) is 4.60. The highest BCUT2D eigenvalue weighted by Gasteiger charge is 2.33. The largest absolute Gasteiger partial charge is 0.479 e. The van der Waals surface area contributed by atoms with Crippen molar-refractivity contribution in [3.63, 3.8) is 0 Å². The number of carboxylic acids is 1. The summed E-state index contributed by atoms with van der Waals surface area (Å²) in [5.41, 5.74) is -2.00. The molecule has 0 fully saturated rings.